The molecule has 1 amide bonds. The Morgan fingerprint density at radius 2 is 2.32 bits per heavy atom. The lowest BCUT2D eigenvalue weighted by molar-refractivity contribution is -0.111. The number of imidazole rings is 1. The predicted molar refractivity (Wildman–Crippen MR) is 87.2 cm³/mol. The highest BCUT2D eigenvalue weighted by Crippen LogP contribution is 2.19. The summed E-state index contributed by atoms with van der Waals surface area (Å²) in [7, 11) is 0. The first kappa shape index (κ1) is 14.7. The Balaban J connectivity index is 1.77. The quantitative estimate of drug-likeness (QED) is 0.745. The van der Waals surface area contributed by atoms with Crippen LogP contribution in [0.25, 0.3) is 11.7 Å². The number of nitrogens with one attached hydrogen (secondary N) is 1. The Morgan fingerprint density at radius 3 is 3.09 bits per heavy atom. The van der Waals surface area contributed by atoms with Crippen LogP contribution in [0.4, 0.5) is 5.13 Å². The fraction of sp³-hybridized carbons (Fsp3) is 0.143. The highest BCUT2D eigenvalue weighted by atomic mass is 35.5. The molecule has 0 aliphatic heterocycles. The van der Waals surface area contributed by atoms with Gasteiger partial charge in [0.2, 0.25) is 11.0 Å². The van der Waals surface area contributed by atoms with Gasteiger partial charge in [0.15, 0.2) is 5.15 Å². The summed E-state index contributed by atoms with van der Waals surface area (Å²) in [5.74, 6) is -0.291. The van der Waals surface area contributed by atoms with Crippen LogP contribution in [-0.4, -0.2) is 25.5 Å². The monoisotopic (exact) mass is 333 g/mol. The number of anilines is 1. The van der Waals surface area contributed by atoms with Crippen molar-refractivity contribution in [2.75, 3.05) is 5.32 Å². The highest BCUT2D eigenvalue weighted by molar-refractivity contribution is 7.15. The fourth-order valence-electron chi connectivity index (χ4n) is 1.88. The molecule has 3 rings (SSSR count). The Kier molecular flexibility index (Phi) is 4.17. The number of hydrogen-bond donors (Lipinski definition) is 1. The summed E-state index contributed by atoms with van der Waals surface area (Å²) in [6, 6.07) is 5.59. The van der Waals surface area contributed by atoms with Gasteiger partial charge in [0.05, 0.1) is 5.69 Å². The SMILES string of the molecule is CCc1nnc(NC(=O)/C=C/c2c(Cl)nc3ccccn23)s1. The number of fused-ring (bicyclic) bond motifs is 1. The zero-order valence-electron chi connectivity index (χ0n) is 11.7. The normalized spacial score (nSPS) is 11.4. The largest absolute Gasteiger partial charge is 0.299 e. The maximum atomic E-state index is 11.9. The van der Waals surface area contributed by atoms with Crippen LogP contribution in [0.5, 0.6) is 0 Å². The molecule has 0 saturated carbocycles. The number of aryl methyl sites for hydroxylation is 1. The van der Waals surface area contributed by atoms with E-state index in [4.69, 9.17) is 11.6 Å². The van der Waals surface area contributed by atoms with E-state index >= 15 is 0 Å². The summed E-state index contributed by atoms with van der Waals surface area (Å²) in [4.78, 5) is 16.1. The summed E-state index contributed by atoms with van der Waals surface area (Å²) in [5, 5.41) is 12.2. The van der Waals surface area contributed by atoms with Gasteiger partial charge in [-0.3, -0.25) is 14.5 Å². The Labute approximate surface area is 135 Å². The lowest BCUT2D eigenvalue weighted by Crippen LogP contribution is -2.07. The number of carbonyl (C=O) groups excluding carboxylic acids is 1. The molecule has 3 aromatic heterocycles. The third kappa shape index (κ3) is 3.00. The van der Waals surface area contributed by atoms with Gasteiger partial charge in [-0.1, -0.05) is 35.9 Å². The first-order valence-corrected chi connectivity index (χ1v) is 7.81. The van der Waals surface area contributed by atoms with E-state index in [1.54, 1.807) is 6.08 Å². The van der Waals surface area contributed by atoms with Crippen molar-refractivity contribution in [1.29, 1.82) is 0 Å². The summed E-state index contributed by atoms with van der Waals surface area (Å²) in [6.45, 7) is 1.98. The third-order valence-corrected chi connectivity index (χ3v) is 4.18. The standard InChI is InChI=1S/C14H12ClN5OS/c1-2-12-18-19-14(22-12)17-11(21)7-6-9-13(15)16-10-5-3-4-8-20(9)10/h3-8H,2H2,1H3,(H,17,19,21)/b7-6+. The molecule has 0 spiro atoms. The molecule has 1 N–H and O–H groups in total. The van der Waals surface area contributed by atoms with E-state index in [1.165, 1.54) is 17.4 Å². The van der Waals surface area contributed by atoms with Crippen molar-refractivity contribution in [3.8, 4) is 0 Å². The number of aromatic nitrogens is 4. The number of amides is 1. The van der Waals surface area contributed by atoms with Crippen molar-refractivity contribution in [1.82, 2.24) is 19.6 Å². The molecule has 6 nitrogen and oxygen atoms in total. The summed E-state index contributed by atoms with van der Waals surface area (Å²) < 4.78 is 1.81. The smallest absolute Gasteiger partial charge is 0.250 e. The molecule has 0 unspecified atom stereocenters. The first-order valence-electron chi connectivity index (χ1n) is 6.61. The Bertz CT molecular complexity index is 854. The van der Waals surface area contributed by atoms with E-state index in [9.17, 15) is 4.79 Å². The number of carbonyl (C=O) groups is 1. The minimum atomic E-state index is -0.291. The average molecular weight is 334 g/mol. The van der Waals surface area contributed by atoms with Gasteiger partial charge in [0.1, 0.15) is 10.7 Å². The van der Waals surface area contributed by atoms with Gasteiger partial charge in [-0.05, 0) is 24.6 Å². The van der Waals surface area contributed by atoms with Crippen LogP contribution in [0.1, 0.15) is 17.6 Å². The molecule has 3 aromatic rings. The minimum Gasteiger partial charge on any atom is -0.299 e. The van der Waals surface area contributed by atoms with Gasteiger partial charge in [-0.15, -0.1) is 10.2 Å². The predicted octanol–water partition coefficient (Wildman–Crippen LogP) is 3.05. The van der Waals surface area contributed by atoms with E-state index in [0.717, 1.165) is 17.1 Å². The number of halogens is 1. The van der Waals surface area contributed by atoms with Crippen LogP contribution in [0.2, 0.25) is 5.15 Å². The fourth-order valence-corrected chi connectivity index (χ4v) is 2.81. The zero-order valence-corrected chi connectivity index (χ0v) is 13.2. The van der Waals surface area contributed by atoms with Crippen LogP contribution in [0.15, 0.2) is 30.5 Å². The molecule has 0 atom stereocenters. The topological polar surface area (TPSA) is 72.2 Å². The lowest BCUT2D eigenvalue weighted by Gasteiger charge is -1.96. The van der Waals surface area contributed by atoms with E-state index in [0.29, 0.717) is 16.0 Å². The van der Waals surface area contributed by atoms with Gasteiger partial charge >= 0.3 is 0 Å². The molecule has 0 aliphatic rings. The van der Waals surface area contributed by atoms with Gasteiger partial charge < -0.3 is 0 Å². The number of pyridine rings is 1. The molecule has 22 heavy (non-hydrogen) atoms. The number of rotatable bonds is 4. The highest BCUT2D eigenvalue weighted by Gasteiger charge is 2.08. The van der Waals surface area contributed by atoms with E-state index < -0.39 is 0 Å². The second kappa shape index (κ2) is 6.25. The minimum absolute atomic E-state index is 0.291. The van der Waals surface area contributed by atoms with Gasteiger partial charge in [0.25, 0.3) is 0 Å². The Morgan fingerprint density at radius 1 is 1.45 bits per heavy atom. The molecular formula is C14H12ClN5OS. The van der Waals surface area contributed by atoms with Crippen molar-refractivity contribution >= 4 is 45.7 Å². The second-order valence-corrected chi connectivity index (χ2v) is 5.81. The van der Waals surface area contributed by atoms with Gasteiger partial charge in [-0.25, -0.2) is 4.98 Å². The lowest BCUT2D eigenvalue weighted by atomic mass is 10.4. The first-order chi connectivity index (χ1) is 10.7. The molecule has 0 saturated heterocycles. The summed E-state index contributed by atoms with van der Waals surface area (Å²) in [5.41, 5.74) is 1.38. The van der Waals surface area contributed by atoms with Crippen LogP contribution in [-0.2, 0) is 11.2 Å². The average Bonchev–Trinajstić information content (AvgIpc) is 3.08. The second-order valence-electron chi connectivity index (χ2n) is 4.39. The maximum absolute atomic E-state index is 11.9. The third-order valence-electron chi connectivity index (χ3n) is 2.91. The van der Waals surface area contributed by atoms with Crippen molar-refractivity contribution in [2.24, 2.45) is 0 Å². The summed E-state index contributed by atoms with van der Waals surface area (Å²) >= 11 is 7.46. The van der Waals surface area contributed by atoms with Crippen LogP contribution < -0.4 is 5.32 Å². The van der Waals surface area contributed by atoms with Gasteiger partial charge in [0, 0.05) is 12.3 Å². The van der Waals surface area contributed by atoms with Crippen LogP contribution in [0.3, 0.4) is 0 Å². The molecule has 0 fully saturated rings. The van der Waals surface area contributed by atoms with E-state index in [-0.39, 0.29) is 5.91 Å². The number of hydrogen-bond acceptors (Lipinski definition) is 5. The van der Waals surface area contributed by atoms with E-state index in [2.05, 4.69) is 20.5 Å². The van der Waals surface area contributed by atoms with E-state index in [1.807, 2.05) is 35.7 Å². The van der Waals surface area contributed by atoms with Crippen molar-refractivity contribution in [3.63, 3.8) is 0 Å². The van der Waals surface area contributed by atoms with Crippen molar-refractivity contribution in [3.05, 3.63) is 46.3 Å². The molecule has 3 heterocycles. The summed E-state index contributed by atoms with van der Waals surface area (Å²) in [6.07, 6.45) is 5.65. The molecular weight excluding hydrogens is 322 g/mol. The molecule has 0 bridgehead atoms. The molecule has 0 aliphatic carbocycles. The maximum Gasteiger partial charge on any atom is 0.250 e. The molecule has 112 valence electrons. The molecule has 0 aromatic carbocycles. The Hall–Kier alpha value is -2.25. The van der Waals surface area contributed by atoms with Gasteiger partial charge in [-0.2, -0.15) is 0 Å². The zero-order chi connectivity index (χ0) is 15.5. The molecule has 0 radical (unpaired) electrons. The van der Waals surface area contributed by atoms with Crippen LogP contribution >= 0.6 is 22.9 Å². The van der Waals surface area contributed by atoms with Crippen molar-refractivity contribution in [2.45, 2.75) is 13.3 Å². The van der Waals surface area contributed by atoms with Crippen LogP contribution in [0, 0.1) is 0 Å². The number of nitrogens with zero attached hydrogens (tertiary/aromatic N) is 4. The molecule has 8 heteroatoms. The van der Waals surface area contributed by atoms with Crippen molar-refractivity contribution < 1.29 is 4.79 Å².